The number of methoxy groups -OCH3 is 1. The quantitative estimate of drug-likeness (QED) is 0.894. The summed E-state index contributed by atoms with van der Waals surface area (Å²) >= 11 is 0. The number of piperidine rings is 1. The molecule has 4 nitrogen and oxygen atoms in total. The van der Waals surface area contributed by atoms with Gasteiger partial charge in [0.2, 0.25) is 0 Å². The molecule has 0 aliphatic carbocycles. The van der Waals surface area contributed by atoms with Gasteiger partial charge in [-0.15, -0.1) is 0 Å². The van der Waals surface area contributed by atoms with Gasteiger partial charge in [-0.1, -0.05) is 6.07 Å². The third-order valence-electron chi connectivity index (χ3n) is 3.83. The standard InChI is InChI=1S/C15H21N3O/c1-19-15-3-2-13(8-14(15)10-17)11-18-6-4-12(9-16)5-7-18/h2-3,8,12H,4-7,9,11,16H2,1H3. The van der Waals surface area contributed by atoms with Crippen LogP contribution in [-0.2, 0) is 6.54 Å². The highest BCUT2D eigenvalue weighted by Gasteiger charge is 2.18. The van der Waals surface area contributed by atoms with Gasteiger partial charge in [0.25, 0.3) is 0 Å². The summed E-state index contributed by atoms with van der Waals surface area (Å²) in [5, 5.41) is 9.09. The van der Waals surface area contributed by atoms with Crippen LogP contribution >= 0.6 is 0 Å². The normalized spacial score (nSPS) is 17.1. The van der Waals surface area contributed by atoms with Crippen LogP contribution in [0.3, 0.4) is 0 Å². The Hall–Kier alpha value is -1.57. The molecule has 0 spiro atoms. The fourth-order valence-electron chi connectivity index (χ4n) is 2.58. The predicted molar refractivity (Wildman–Crippen MR) is 74.8 cm³/mol. The van der Waals surface area contributed by atoms with Crippen LogP contribution in [-0.4, -0.2) is 31.6 Å². The van der Waals surface area contributed by atoms with Gasteiger partial charge in [-0.3, -0.25) is 4.90 Å². The maximum absolute atomic E-state index is 9.09. The lowest BCUT2D eigenvalue weighted by molar-refractivity contribution is 0.180. The van der Waals surface area contributed by atoms with Gasteiger partial charge >= 0.3 is 0 Å². The molecule has 1 aromatic carbocycles. The Kier molecular flexibility index (Phi) is 4.78. The molecule has 4 heteroatoms. The molecule has 0 atom stereocenters. The third kappa shape index (κ3) is 3.46. The zero-order valence-electron chi connectivity index (χ0n) is 11.4. The number of ether oxygens (including phenoxy) is 1. The SMILES string of the molecule is COc1ccc(CN2CCC(CN)CC2)cc1C#N. The average molecular weight is 259 g/mol. The summed E-state index contributed by atoms with van der Waals surface area (Å²) in [7, 11) is 1.59. The van der Waals surface area contributed by atoms with Crippen molar-refractivity contribution in [1.82, 2.24) is 4.90 Å². The van der Waals surface area contributed by atoms with Gasteiger partial charge in [-0.05, 0) is 56.1 Å². The van der Waals surface area contributed by atoms with E-state index in [2.05, 4.69) is 11.0 Å². The van der Waals surface area contributed by atoms with Crippen molar-refractivity contribution in [2.45, 2.75) is 19.4 Å². The molecule has 1 aliphatic heterocycles. The van der Waals surface area contributed by atoms with Crippen molar-refractivity contribution < 1.29 is 4.74 Å². The van der Waals surface area contributed by atoms with Gasteiger partial charge < -0.3 is 10.5 Å². The van der Waals surface area contributed by atoms with E-state index in [0.717, 1.165) is 26.2 Å². The minimum Gasteiger partial charge on any atom is -0.495 e. The molecule has 1 saturated heterocycles. The van der Waals surface area contributed by atoms with E-state index in [9.17, 15) is 0 Å². The first kappa shape index (κ1) is 13.9. The van der Waals surface area contributed by atoms with Crippen LogP contribution in [0.25, 0.3) is 0 Å². The van der Waals surface area contributed by atoms with E-state index in [-0.39, 0.29) is 0 Å². The monoisotopic (exact) mass is 259 g/mol. The highest BCUT2D eigenvalue weighted by Crippen LogP contribution is 2.22. The van der Waals surface area contributed by atoms with Crippen molar-refractivity contribution in [2.24, 2.45) is 11.7 Å². The molecule has 0 aromatic heterocycles. The Bertz CT molecular complexity index is 459. The largest absolute Gasteiger partial charge is 0.495 e. The predicted octanol–water partition coefficient (Wildman–Crippen LogP) is 1.74. The van der Waals surface area contributed by atoms with Crippen LogP contribution in [0, 0.1) is 17.2 Å². The molecule has 102 valence electrons. The fraction of sp³-hybridized carbons (Fsp3) is 0.533. The van der Waals surface area contributed by atoms with Crippen LogP contribution < -0.4 is 10.5 Å². The van der Waals surface area contributed by atoms with Gasteiger partial charge in [0.1, 0.15) is 11.8 Å². The number of nitrogens with zero attached hydrogens (tertiary/aromatic N) is 2. The smallest absolute Gasteiger partial charge is 0.136 e. The molecule has 0 saturated carbocycles. The molecule has 2 N–H and O–H groups in total. The third-order valence-corrected chi connectivity index (χ3v) is 3.83. The van der Waals surface area contributed by atoms with Crippen LogP contribution in [0.1, 0.15) is 24.0 Å². The van der Waals surface area contributed by atoms with E-state index in [1.165, 1.54) is 18.4 Å². The second-order valence-corrected chi connectivity index (χ2v) is 5.10. The van der Waals surface area contributed by atoms with Gasteiger partial charge in [0.05, 0.1) is 12.7 Å². The molecule has 1 aromatic rings. The Balaban J connectivity index is 1.98. The molecule has 1 heterocycles. The molecule has 0 radical (unpaired) electrons. The average Bonchev–Trinajstić information content (AvgIpc) is 2.48. The molecule has 0 unspecified atom stereocenters. The minimum atomic E-state index is 0.608. The molecule has 1 fully saturated rings. The van der Waals surface area contributed by atoms with Crippen molar-refractivity contribution >= 4 is 0 Å². The first-order chi connectivity index (χ1) is 9.26. The summed E-state index contributed by atoms with van der Waals surface area (Å²) in [4.78, 5) is 2.43. The van der Waals surface area contributed by atoms with Crippen molar-refractivity contribution in [2.75, 3.05) is 26.7 Å². The molecular weight excluding hydrogens is 238 g/mol. The number of nitrogens with two attached hydrogens (primary N) is 1. The number of rotatable bonds is 4. The number of nitriles is 1. The highest BCUT2D eigenvalue weighted by molar-refractivity contribution is 5.45. The first-order valence-corrected chi connectivity index (χ1v) is 6.76. The Morgan fingerprint density at radius 2 is 2.16 bits per heavy atom. The number of likely N-dealkylation sites (tertiary alicyclic amines) is 1. The summed E-state index contributed by atoms with van der Waals surface area (Å²) in [6.07, 6.45) is 2.36. The van der Waals surface area contributed by atoms with E-state index in [0.29, 0.717) is 17.2 Å². The number of benzene rings is 1. The first-order valence-electron chi connectivity index (χ1n) is 6.76. The lowest BCUT2D eigenvalue weighted by Crippen LogP contribution is -2.35. The lowest BCUT2D eigenvalue weighted by atomic mass is 9.96. The van der Waals surface area contributed by atoms with Gasteiger partial charge in [-0.2, -0.15) is 5.26 Å². The Morgan fingerprint density at radius 1 is 1.42 bits per heavy atom. The maximum Gasteiger partial charge on any atom is 0.136 e. The zero-order valence-corrected chi connectivity index (χ0v) is 11.4. The number of hydrogen-bond donors (Lipinski definition) is 1. The number of hydrogen-bond acceptors (Lipinski definition) is 4. The topological polar surface area (TPSA) is 62.3 Å². The van der Waals surface area contributed by atoms with Gasteiger partial charge in [0, 0.05) is 6.54 Å². The molecule has 2 rings (SSSR count). The molecular formula is C15H21N3O. The van der Waals surface area contributed by atoms with Crippen LogP contribution in [0.4, 0.5) is 0 Å². The van der Waals surface area contributed by atoms with Gasteiger partial charge in [-0.25, -0.2) is 0 Å². The second-order valence-electron chi connectivity index (χ2n) is 5.10. The summed E-state index contributed by atoms with van der Waals surface area (Å²) in [5.41, 5.74) is 7.48. The second kappa shape index (κ2) is 6.55. The fourth-order valence-corrected chi connectivity index (χ4v) is 2.58. The van der Waals surface area contributed by atoms with E-state index in [1.807, 2.05) is 18.2 Å². The van der Waals surface area contributed by atoms with E-state index in [4.69, 9.17) is 15.7 Å². The summed E-state index contributed by atoms with van der Waals surface area (Å²) in [5.74, 6) is 1.33. The maximum atomic E-state index is 9.09. The summed E-state index contributed by atoms with van der Waals surface area (Å²) in [6.45, 7) is 3.89. The van der Waals surface area contributed by atoms with Crippen molar-refractivity contribution in [3.05, 3.63) is 29.3 Å². The Morgan fingerprint density at radius 3 is 2.74 bits per heavy atom. The molecule has 19 heavy (non-hydrogen) atoms. The summed E-state index contributed by atoms with van der Waals surface area (Å²) in [6, 6.07) is 8.02. The van der Waals surface area contributed by atoms with Crippen LogP contribution in [0.2, 0.25) is 0 Å². The Labute approximate surface area is 114 Å². The van der Waals surface area contributed by atoms with Crippen molar-refractivity contribution in [3.8, 4) is 11.8 Å². The highest BCUT2D eigenvalue weighted by atomic mass is 16.5. The van der Waals surface area contributed by atoms with Crippen LogP contribution in [0.15, 0.2) is 18.2 Å². The molecule has 1 aliphatic rings. The van der Waals surface area contributed by atoms with Crippen molar-refractivity contribution in [3.63, 3.8) is 0 Å². The van der Waals surface area contributed by atoms with Gasteiger partial charge in [0.15, 0.2) is 0 Å². The summed E-state index contributed by atoms with van der Waals surface area (Å²) < 4.78 is 5.16. The molecule has 0 amide bonds. The van der Waals surface area contributed by atoms with E-state index < -0.39 is 0 Å². The van der Waals surface area contributed by atoms with E-state index in [1.54, 1.807) is 7.11 Å². The zero-order chi connectivity index (χ0) is 13.7. The molecule has 0 bridgehead atoms. The van der Waals surface area contributed by atoms with E-state index >= 15 is 0 Å². The minimum absolute atomic E-state index is 0.608. The van der Waals surface area contributed by atoms with Crippen molar-refractivity contribution in [1.29, 1.82) is 5.26 Å². The lowest BCUT2D eigenvalue weighted by Gasteiger charge is -2.31. The van der Waals surface area contributed by atoms with Crippen LogP contribution in [0.5, 0.6) is 5.75 Å².